The van der Waals surface area contributed by atoms with E-state index in [1.165, 1.54) is 25.3 Å². The van der Waals surface area contributed by atoms with Crippen molar-refractivity contribution in [1.29, 1.82) is 0 Å². The summed E-state index contributed by atoms with van der Waals surface area (Å²) in [5.41, 5.74) is 0.204. The van der Waals surface area contributed by atoms with Crippen LogP contribution in [0, 0.1) is 0 Å². The summed E-state index contributed by atoms with van der Waals surface area (Å²) in [5, 5.41) is 0. The molecule has 76 valence electrons. The van der Waals surface area contributed by atoms with Crippen molar-refractivity contribution in [3.8, 4) is 0 Å². The van der Waals surface area contributed by atoms with Crippen LogP contribution in [0.4, 0.5) is 0 Å². The second-order valence-corrected chi connectivity index (χ2v) is 4.14. The van der Waals surface area contributed by atoms with Crippen LogP contribution >= 0.6 is 15.9 Å². The zero-order valence-corrected chi connectivity index (χ0v) is 12.6. The number of hydrogen-bond acceptors (Lipinski definition) is 4. The second kappa shape index (κ2) is 6.78. The molecule has 4 nitrogen and oxygen atoms in total. The Morgan fingerprint density at radius 3 is 2.60 bits per heavy atom. The van der Waals surface area contributed by atoms with E-state index in [2.05, 4.69) is 20.7 Å². The molecule has 0 aliphatic rings. The van der Waals surface area contributed by atoms with Crippen LogP contribution in [-0.4, -0.2) is 21.8 Å². The molecule has 1 aromatic carbocycles. The molecule has 0 amide bonds. The number of ether oxygens (including phenoxy) is 1. The Labute approximate surface area is 120 Å². The van der Waals surface area contributed by atoms with E-state index in [0.29, 0.717) is 4.47 Å². The smallest absolute Gasteiger partial charge is 0.768 e. The molecule has 1 atom stereocenters. The van der Waals surface area contributed by atoms with Gasteiger partial charge in [-0.15, -0.1) is 0 Å². The molecule has 0 aromatic heterocycles. The number of carbonyl (C=O) groups is 1. The van der Waals surface area contributed by atoms with Crippen molar-refractivity contribution >= 4 is 33.0 Å². The number of benzene rings is 1. The van der Waals surface area contributed by atoms with E-state index in [0.717, 1.165) is 0 Å². The number of carbonyl (C=O) groups excluding carboxylic acids is 1. The number of halogens is 1. The van der Waals surface area contributed by atoms with Gasteiger partial charge in [-0.2, -0.15) is 0 Å². The van der Waals surface area contributed by atoms with Gasteiger partial charge in [0, 0.05) is 9.37 Å². The van der Waals surface area contributed by atoms with Crippen molar-refractivity contribution in [2.24, 2.45) is 0 Å². The first-order valence-electron chi connectivity index (χ1n) is 3.53. The maximum absolute atomic E-state index is 11.1. The van der Waals surface area contributed by atoms with Gasteiger partial charge in [0.2, 0.25) is 0 Å². The third-order valence-corrected chi connectivity index (χ3v) is 3.18. The average molecular weight is 301 g/mol. The molecule has 0 heterocycles. The molecule has 0 N–H and O–H groups in total. The van der Waals surface area contributed by atoms with E-state index in [4.69, 9.17) is 0 Å². The quantitative estimate of drug-likeness (QED) is 0.378. The fraction of sp³-hybridized carbons (Fsp3) is 0.125. The van der Waals surface area contributed by atoms with Crippen LogP contribution < -0.4 is 29.6 Å². The minimum atomic E-state index is -2.37. The second-order valence-electron chi connectivity index (χ2n) is 2.37. The molecule has 1 aromatic rings. The van der Waals surface area contributed by atoms with Gasteiger partial charge in [0.1, 0.15) is 0 Å². The van der Waals surface area contributed by atoms with Gasteiger partial charge < -0.3 is 9.29 Å². The Kier molecular flexibility index (Phi) is 6.90. The fourth-order valence-corrected chi connectivity index (χ4v) is 1.97. The van der Waals surface area contributed by atoms with E-state index in [-0.39, 0.29) is 40.0 Å². The van der Waals surface area contributed by atoms with Crippen molar-refractivity contribution < 1.29 is 47.9 Å². The fourth-order valence-electron chi connectivity index (χ4n) is 0.876. The minimum absolute atomic E-state index is 0. The van der Waals surface area contributed by atoms with Crippen LogP contribution in [0.5, 0.6) is 0 Å². The van der Waals surface area contributed by atoms with Gasteiger partial charge in [-0.05, 0) is 45.2 Å². The first-order valence-corrected chi connectivity index (χ1v) is 5.40. The van der Waals surface area contributed by atoms with E-state index < -0.39 is 17.0 Å². The largest absolute Gasteiger partial charge is 1.00 e. The SMILES string of the molecule is COC(=O)c1ccc(Br)c(S(=O)[O-])c1.[Na+]. The number of esters is 1. The van der Waals surface area contributed by atoms with E-state index in [1.807, 2.05) is 0 Å². The standard InChI is InChI=1S/C8H7BrO4S.Na/c1-13-8(10)5-2-3-6(9)7(4-5)14(11)12;/h2-4H,1H3,(H,11,12);/q;+1/p-1. The predicted octanol–water partition coefficient (Wildman–Crippen LogP) is -1.52. The summed E-state index contributed by atoms with van der Waals surface area (Å²) in [4.78, 5) is 11.1. The Morgan fingerprint density at radius 2 is 2.13 bits per heavy atom. The summed E-state index contributed by atoms with van der Waals surface area (Å²) in [6.45, 7) is 0. The molecule has 0 aliphatic carbocycles. The minimum Gasteiger partial charge on any atom is -0.768 e. The molecule has 0 fully saturated rings. The van der Waals surface area contributed by atoms with Gasteiger partial charge in [-0.1, -0.05) is 0 Å². The predicted molar refractivity (Wildman–Crippen MR) is 52.7 cm³/mol. The van der Waals surface area contributed by atoms with Crippen LogP contribution in [0.3, 0.4) is 0 Å². The van der Waals surface area contributed by atoms with Crippen molar-refractivity contribution in [3.63, 3.8) is 0 Å². The molecule has 0 saturated carbocycles. The molecule has 1 rings (SSSR count). The summed E-state index contributed by atoms with van der Waals surface area (Å²) in [6.07, 6.45) is 0. The normalized spacial score (nSPS) is 11.4. The number of rotatable bonds is 2. The first kappa shape index (κ1) is 15.3. The Morgan fingerprint density at radius 1 is 1.53 bits per heavy atom. The zero-order valence-electron chi connectivity index (χ0n) is 8.15. The maximum atomic E-state index is 11.1. The molecular formula is C8H6BrNaO4S. The van der Waals surface area contributed by atoms with Crippen LogP contribution in [0.15, 0.2) is 27.6 Å². The number of methoxy groups -OCH3 is 1. The molecular weight excluding hydrogens is 295 g/mol. The maximum Gasteiger partial charge on any atom is 1.00 e. The first-order chi connectivity index (χ1) is 6.56. The molecule has 0 saturated heterocycles. The van der Waals surface area contributed by atoms with Gasteiger partial charge in [0.15, 0.2) is 0 Å². The Balaban J connectivity index is 0.00000196. The molecule has 0 bridgehead atoms. The van der Waals surface area contributed by atoms with E-state index in [1.54, 1.807) is 0 Å². The third kappa shape index (κ3) is 3.97. The van der Waals surface area contributed by atoms with Crippen LogP contribution in [0.1, 0.15) is 10.4 Å². The van der Waals surface area contributed by atoms with Gasteiger partial charge in [-0.25, -0.2) is 4.79 Å². The van der Waals surface area contributed by atoms with Crippen molar-refractivity contribution in [3.05, 3.63) is 28.2 Å². The van der Waals surface area contributed by atoms with Crippen LogP contribution in [0.25, 0.3) is 0 Å². The Hall–Kier alpha value is 0.280. The van der Waals surface area contributed by atoms with Crippen LogP contribution in [0.2, 0.25) is 0 Å². The Bertz CT molecular complexity index is 396. The molecule has 15 heavy (non-hydrogen) atoms. The summed E-state index contributed by atoms with van der Waals surface area (Å²) in [5.74, 6) is -0.566. The summed E-state index contributed by atoms with van der Waals surface area (Å²) < 4.78 is 26.3. The van der Waals surface area contributed by atoms with Crippen molar-refractivity contribution in [1.82, 2.24) is 0 Å². The third-order valence-electron chi connectivity index (χ3n) is 1.53. The van der Waals surface area contributed by atoms with Gasteiger partial charge >= 0.3 is 35.5 Å². The molecule has 0 spiro atoms. The molecule has 1 unspecified atom stereocenters. The average Bonchev–Trinajstić information content (AvgIpc) is 2.17. The summed E-state index contributed by atoms with van der Waals surface area (Å²) >= 11 is 0.683. The van der Waals surface area contributed by atoms with E-state index >= 15 is 0 Å². The summed E-state index contributed by atoms with van der Waals surface area (Å²) in [6, 6.07) is 4.21. The molecule has 0 radical (unpaired) electrons. The van der Waals surface area contributed by atoms with Crippen molar-refractivity contribution in [2.75, 3.05) is 7.11 Å². The summed E-state index contributed by atoms with van der Waals surface area (Å²) in [7, 11) is 1.23. The van der Waals surface area contributed by atoms with E-state index in [9.17, 15) is 13.6 Å². The van der Waals surface area contributed by atoms with Crippen molar-refractivity contribution in [2.45, 2.75) is 4.90 Å². The van der Waals surface area contributed by atoms with Gasteiger partial charge in [-0.3, -0.25) is 4.21 Å². The van der Waals surface area contributed by atoms with Gasteiger partial charge in [0.05, 0.1) is 12.7 Å². The monoisotopic (exact) mass is 300 g/mol. The molecule has 0 aliphatic heterocycles. The zero-order chi connectivity index (χ0) is 10.7. The van der Waals surface area contributed by atoms with Gasteiger partial charge in [0.25, 0.3) is 0 Å². The molecule has 7 heteroatoms. The number of hydrogen-bond donors (Lipinski definition) is 0. The van der Waals surface area contributed by atoms with Crippen LogP contribution in [-0.2, 0) is 15.8 Å². The topological polar surface area (TPSA) is 66.4 Å².